The summed E-state index contributed by atoms with van der Waals surface area (Å²) in [6.07, 6.45) is 2.06. The van der Waals surface area contributed by atoms with Crippen molar-refractivity contribution in [1.29, 1.82) is 0 Å². The number of nitrogens with zero attached hydrogens (tertiary/aromatic N) is 4. The summed E-state index contributed by atoms with van der Waals surface area (Å²) >= 11 is 0. The van der Waals surface area contributed by atoms with Gasteiger partial charge in [-0.3, -0.25) is 4.40 Å². The number of azo groups is 1. The molecule has 25 heavy (non-hydrogen) atoms. The van der Waals surface area contributed by atoms with E-state index in [0.29, 0.717) is 0 Å². The number of hydrogen-bond acceptors (Lipinski definition) is 3. The molecule has 0 atom stereocenters. The van der Waals surface area contributed by atoms with Gasteiger partial charge in [0, 0.05) is 11.6 Å². The number of imidazole rings is 1. The molecular formula is C21H20N4. The van der Waals surface area contributed by atoms with E-state index in [2.05, 4.69) is 61.5 Å². The number of fused-ring (bicyclic) bond motifs is 2. The average Bonchev–Trinajstić information content (AvgIpc) is 2.98. The van der Waals surface area contributed by atoms with Crippen LogP contribution in [0.25, 0.3) is 16.4 Å². The number of aromatic nitrogens is 2. The average molecular weight is 328 g/mol. The molecular weight excluding hydrogens is 308 g/mol. The largest absolute Gasteiger partial charge is 0.283 e. The van der Waals surface area contributed by atoms with Crippen molar-refractivity contribution >= 4 is 27.9 Å². The van der Waals surface area contributed by atoms with E-state index in [1.165, 1.54) is 5.56 Å². The fraction of sp³-hybridized carbons (Fsp3) is 0.190. The lowest BCUT2D eigenvalue weighted by atomic mass is 10.1. The van der Waals surface area contributed by atoms with Gasteiger partial charge in [-0.25, -0.2) is 4.98 Å². The van der Waals surface area contributed by atoms with E-state index in [4.69, 9.17) is 4.98 Å². The molecule has 0 fully saturated rings. The standard InChI is InChI=1S/C21H20N4/c1-14(2)20-21(25-13-15(3)11-12-19(25)22-20)24-23-18-10-6-8-16-7-4-5-9-17(16)18/h4-14H,1-3H3. The Bertz CT molecular complexity index is 1080. The number of pyridine rings is 1. The first-order chi connectivity index (χ1) is 12.1. The molecule has 0 aliphatic rings. The van der Waals surface area contributed by atoms with Crippen LogP contribution in [0.3, 0.4) is 0 Å². The van der Waals surface area contributed by atoms with E-state index in [1.807, 2.05) is 34.7 Å². The molecule has 2 aromatic heterocycles. The Hall–Kier alpha value is -3.01. The Morgan fingerprint density at radius 2 is 1.72 bits per heavy atom. The summed E-state index contributed by atoms with van der Waals surface area (Å²) in [6, 6.07) is 18.4. The molecule has 0 radical (unpaired) electrons. The first-order valence-electron chi connectivity index (χ1n) is 8.51. The van der Waals surface area contributed by atoms with Gasteiger partial charge in [-0.05, 0) is 35.9 Å². The van der Waals surface area contributed by atoms with Crippen LogP contribution in [0.5, 0.6) is 0 Å². The topological polar surface area (TPSA) is 42.0 Å². The number of benzene rings is 2. The lowest BCUT2D eigenvalue weighted by molar-refractivity contribution is 0.831. The van der Waals surface area contributed by atoms with Gasteiger partial charge in [-0.1, -0.05) is 56.3 Å². The third kappa shape index (κ3) is 2.80. The smallest absolute Gasteiger partial charge is 0.183 e. The highest BCUT2D eigenvalue weighted by Crippen LogP contribution is 2.31. The molecule has 124 valence electrons. The Labute approximate surface area is 146 Å². The quantitative estimate of drug-likeness (QED) is 0.405. The van der Waals surface area contributed by atoms with Gasteiger partial charge in [0.2, 0.25) is 0 Å². The Morgan fingerprint density at radius 1 is 0.920 bits per heavy atom. The van der Waals surface area contributed by atoms with E-state index >= 15 is 0 Å². The molecule has 0 N–H and O–H groups in total. The summed E-state index contributed by atoms with van der Waals surface area (Å²) in [6.45, 7) is 6.33. The maximum Gasteiger partial charge on any atom is 0.183 e. The Morgan fingerprint density at radius 3 is 2.56 bits per heavy atom. The highest BCUT2D eigenvalue weighted by atomic mass is 15.2. The van der Waals surface area contributed by atoms with Gasteiger partial charge in [-0.2, -0.15) is 0 Å². The van der Waals surface area contributed by atoms with Crippen molar-refractivity contribution in [3.05, 3.63) is 72.1 Å². The molecule has 0 amide bonds. The molecule has 4 nitrogen and oxygen atoms in total. The van der Waals surface area contributed by atoms with Gasteiger partial charge in [0.05, 0.1) is 11.4 Å². The van der Waals surface area contributed by atoms with E-state index < -0.39 is 0 Å². The van der Waals surface area contributed by atoms with E-state index in [0.717, 1.165) is 33.6 Å². The molecule has 0 saturated carbocycles. The van der Waals surface area contributed by atoms with Crippen molar-refractivity contribution in [3.8, 4) is 0 Å². The summed E-state index contributed by atoms with van der Waals surface area (Å²) in [7, 11) is 0. The van der Waals surface area contributed by atoms with Crippen LogP contribution in [0.15, 0.2) is 71.0 Å². The number of hydrogen-bond donors (Lipinski definition) is 0. The third-order valence-corrected chi connectivity index (χ3v) is 4.33. The molecule has 0 bridgehead atoms. The first-order valence-corrected chi connectivity index (χ1v) is 8.51. The normalized spacial score (nSPS) is 12.0. The molecule has 0 unspecified atom stereocenters. The zero-order valence-corrected chi connectivity index (χ0v) is 14.6. The van der Waals surface area contributed by atoms with Crippen LogP contribution < -0.4 is 0 Å². The first kappa shape index (κ1) is 15.5. The maximum atomic E-state index is 4.74. The van der Waals surface area contributed by atoms with E-state index in [1.54, 1.807) is 0 Å². The Kier molecular flexibility index (Phi) is 3.80. The molecule has 2 heterocycles. The van der Waals surface area contributed by atoms with Crippen LogP contribution >= 0.6 is 0 Å². The second kappa shape index (κ2) is 6.13. The van der Waals surface area contributed by atoms with Gasteiger partial charge in [0.25, 0.3) is 0 Å². The van der Waals surface area contributed by atoms with Gasteiger partial charge in [0.15, 0.2) is 5.82 Å². The molecule has 0 aliphatic heterocycles. The van der Waals surface area contributed by atoms with Crippen LogP contribution in [0.1, 0.15) is 31.0 Å². The van der Waals surface area contributed by atoms with Crippen molar-refractivity contribution < 1.29 is 0 Å². The van der Waals surface area contributed by atoms with Gasteiger partial charge in [-0.15, -0.1) is 10.2 Å². The third-order valence-electron chi connectivity index (χ3n) is 4.33. The minimum atomic E-state index is 0.279. The van der Waals surface area contributed by atoms with Crippen LogP contribution in [0.2, 0.25) is 0 Å². The van der Waals surface area contributed by atoms with Crippen molar-refractivity contribution in [2.24, 2.45) is 10.2 Å². The number of rotatable bonds is 3. The van der Waals surface area contributed by atoms with Crippen LogP contribution in [-0.4, -0.2) is 9.38 Å². The second-order valence-corrected chi connectivity index (χ2v) is 6.61. The van der Waals surface area contributed by atoms with Crippen molar-refractivity contribution in [1.82, 2.24) is 9.38 Å². The fourth-order valence-electron chi connectivity index (χ4n) is 3.04. The number of aryl methyl sites for hydroxylation is 1. The molecule has 4 aromatic rings. The fourth-order valence-corrected chi connectivity index (χ4v) is 3.04. The van der Waals surface area contributed by atoms with E-state index in [9.17, 15) is 0 Å². The zero-order chi connectivity index (χ0) is 17.4. The van der Waals surface area contributed by atoms with Crippen molar-refractivity contribution in [2.75, 3.05) is 0 Å². The predicted octanol–water partition coefficient (Wildman–Crippen LogP) is 6.33. The van der Waals surface area contributed by atoms with Gasteiger partial charge >= 0.3 is 0 Å². The van der Waals surface area contributed by atoms with E-state index in [-0.39, 0.29) is 5.92 Å². The lowest BCUT2D eigenvalue weighted by Crippen LogP contribution is -1.88. The minimum Gasteiger partial charge on any atom is -0.283 e. The summed E-state index contributed by atoms with van der Waals surface area (Å²) in [5, 5.41) is 11.4. The summed E-state index contributed by atoms with van der Waals surface area (Å²) < 4.78 is 2.03. The van der Waals surface area contributed by atoms with Crippen LogP contribution in [0, 0.1) is 6.92 Å². The monoisotopic (exact) mass is 328 g/mol. The molecule has 0 spiro atoms. The lowest BCUT2D eigenvalue weighted by Gasteiger charge is -2.03. The highest BCUT2D eigenvalue weighted by Gasteiger charge is 2.15. The maximum absolute atomic E-state index is 4.74. The summed E-state index contributed by atoms with van der Waals surface area (Å²) in [5.41, 5.74) is 3.91. The molecule has 4 heteroatoms. The van der Waals surface area contributed by atoms with Gasteiger partial charge < -0.3 is 0 Å². The second-order valence-electron chi connectivity index (χ2n) is 6.61. The predicted molar refractivity (Wildman–Crippen MR) is 102 cm³/mol. The highest BCUT2D eigenvalue weighted by molar-refractivity contribution is 5.92. The summed E-state index contributed by atoms with van der Waals surface area (Å²) in [5.74, 6) is 1.09. The Balaban J connectivity index is 1.88. The van der Waals surface area contributed by atoms with Gasteiger partial charge in [0.1, 0.15) is 5.65 Å². The zero-order valence-electron chi connectivity index (χ0n) is 14.6. The molecule has 0 aliphatic carbocycles. The summed E-state index contributed by atoms with van der Waals surface area (Å²) in [4.78, 5) is 4.74. The van der Waals surface area contributed by atoms with Crippen molar-refractivity contribution in [2.45, 2.75) is 26.7 Å². The van der Waals surface area contributed by atoms with Crippen molar-refractivity contribution in [3.63, 3.8) is 0 Å². The van der Waals surface area contributed by atoms with Crippen LogP contribution in [0.4, 0.5) is 11.5 Å². The minimum absolute atomic E-state index is 0.279. The van der Waals surface area contributed by atoms with Crippen LogP contribution in [-0.2, 0) is 0 Å². The molecule has 4 rings (SSSR count). The molecule has 2 aromatic carbocycles. The molecule has 0 saturated heterocycles. The SMILES string of the molecule is Cc1ccc2nc(C(C)C)c(N=Nc3cccc4ccccc34)n2c1.